The van der Waals surface area contributed by atoms with Gasteiger partial charge in [0.2, 0.25) is 0 Å². The van der Waals surface area contributed by atoms with Crippen LogP contribution in [0.2, 0.25) is 10.0 Å². The Morgan fingerprint density at radius 3 is 2.81 bits per heavy atom. The van der Waals surface area contributed by atoms with Crippen LogP contribution in [-0.4, -0.2) is 22.9 Å². The van der Waals surface area contributed by atoms with Gasteiger partial charge in [-0.15, -0.1) is 11.3 Å². The highest BCUT2D eigenvalue weighted by molar-refractivity contribution is 7.13. The molecule has 2 aromatic heterocycles. The lowest BCUT2D eigenvalue weighted by atomic mass is 10.1. The number of aliphatic imine (C=N–C) groups is 1. The molecule has 0 saturated carbocycles. The maximum absolute atomic E-state index is 6.24. The second-order valence-electron chi connectivity index (χ2n) is 5.76. The SMILES string of the molecule is NC=NCCc1cc(Nc2nccs2)cc2c1[nH]c1cc(Cl)c(Cl)cc12. The number of benzene rings is 2. The summed E-state index contributed by atoms with van der Waals surface area (Å²) in [5.74, 6) is 0. The first-order valence-electron chi connectivity index (χ1n) is 7.95. The first kappa shape index (κ1) is 17.1. The summed E-state index contributed by atoms with van der Waals surface area (Å²) in [5, 5.41) is 9.31. The van der Waals surface area contributed by atoms with Crippen LogP contribution >= 0.6 is 34.5 Å². The van der Waals surface area contributed by atoms with Gasteiger partial charge in [0.15, 0.2) is 5.13 Å². The molecule has 0 aliphatic carbocycles. The largest absolute Gasteiger partial charge is 0.390 e. The number of halogens is 2. The summed E-state index contributed by atoms with van der Waals surface area (Å²) in [6.45, 7) is 0.614. The van der Waals surface area contributed by atoms with E-state index in [1.165, 1.54) is 6.34 Å². The Kier molecular flexibility index (Phi) is 4.72. The van der Waals surface area contributed by atoms with Crippen LogP contribution < -0.4 is 11.1 Å². The van der Waals surface area contributed by atoms with E-state index >= 15 is 0 Å². The summed E-state index contributed by atoms with van der Waals surface area (Å²) in [6, 6.07) is 7.95. The molecule has 0 atom stereocenters. The number of fused-ring (bicyclic) bond motifs is 3. The van der Waals surface area contributed by atoms with Gasteiger partial charge >= 0.3 is 0 Å². The number of nitrogens with zero attached hydrogens (tertiary/aromatic N) is 2. The highest BCUT2D eigenvalue weighted by atomic mass is 35.5. The Morgan fingerprint density at radius 2 is 2.04 bits per heavy atom. The van der Waals surface area contributed by atoms with Crippen molar-refractivity contribution in [1.29, 1.82) is 0 Å². The molecular formula is C18H15Cl2N5S. The summed E-state index contributed by atoms with van der Waals surface area (Å²) in [4.78, 5) is 11.9. The molecule has 26 heavy (non-hydrogen) atoms. The van der Waals surface area contributed by atoms with Gasteiger partial charge in [-0.2, -0.15) is 0 Å². The maximum Gasteiger partial charge on any atom is 0.187 e. The Balaban J connectivity index is 1.89. The van der Waals surface area contributed by atoms with Crippen LogP contribution in [0.1, 0.15) is 5.56 Å². The van der Waals surface area contributed by atoms with Gasteiger partial charge in [0.1, 0.15) is 0 Å². The average Bonchev–Trinajstić information content (AvgIpc) is 3.24. The summed E-state index contributed by atoms with van der Waals surface area (Å²) < 4.78 is 0. The van der Waals surface area contributed by atoms with Crippen LogP contribution in [0.25, 0.3) is 21.8 Å². The lowest BCUT2D eigenvalue weighted by molar-refractivity contribution is 0.977. The monoisotopic (exact) mass is 403 g/mol. The van der Waals surface area contributed by atoms with Crippen molar-refractivity contribution in [3.63, 3.8) is 0 Å². The van der Waals surface area contributed by atoms with Crippen molar-refractivity contribution in [2.45, 2.75) is 6.42 Å². The predicted molar refractivity (Wildman–Crippen MR) is 112 cm³/mol. The third kappa shape index (κ3) is 3.23. The van der Waals surface area contributed by atoms with Gasteiger partial charge in [0.05, 0.1) is 16.4 Å². The molecule has 4 rings (SSSR count). The van der Waals surface area contributed by atoms with E-state index in [0.717, 1.165) is 44.6 Å². The number of anilines is 2. The number of aromatic amines is 1. The van der Waals surface area contributed by atoms with Gasteiger partial charge in [-0.3, -0.25) is 4.99 Å². The fourth-order valence-corrected chi connectivity index (χ4v) is 3.88. The third-order valence-corrected chi connectivity index (χ3v) is 5.54. The van der Waals surface area contributed by atoms with E-state index < -0.39 is 0 Å². The van der Waals surface area contributed by atoms with Gasteiger partial charge in [-0.1, -0.05) is 23.2 Å². The van der Waals surface area contributed by atoms with Crippen molar-refractivity contribution >= 4 is 73.5 Å². The Hall–Kier alpha value is -2.28. The highest BCUT2D eigenvalue weighted by Gasteiger charge is 2.13. The van der Waals surface area contributed by atoms with Gasteiger partial charge < -0.3 is 16.0 Å². The van der Waals surface area contributed by atoms with Crippen molar-refractivity contribution < 1.29 is 0 Å². The van der Waals surface area contributed by atoms with E-state index in [4.69, 9.17) is 28.9 Å². The first-order chi connectivity index (χ1) is 12.7. The van der Waals surface area contributed by atoms with E-state index in [9.17, 15) is 0 Å². The summed E-state index contributed by atoms with van der Waals surface area (Å²) in [7, 11) is 0. The molecule has 0 aliphatic rings. The minimum atomic E-state index is 0.529. The molecule has 0 aliphatic heterocycles. The molecule has 0 amide bonds. The predicted octanol–water partition coefficient (Wildman–Crippen LogP) is 5.36. The van der Waals surface area contributed by atoms with Gasteiger partial charge in [0.25, 0.3) is 0 Å². The molecule has 2 aromatic carbocycles. The zero-order chi connectivity index (χ0) is 18.1. The molecule has 0 unspecified atom stereocenters. The maximum atomic E-state index is 6.24. The minimum absolute atomic E-state index is 0.529. The van der Waals surface area contributed by atoms with Gasteiger partial charge in [0, 0.05) is 45.6 Å². The number of rotatable bonds is 5. The Morgan fingerprint density at radius 1 is 1.19 bits per heavy atom. The van der Waals surface area contributed by atoms with Crippen LogP contribution in [-0.2, 0) is 6.42 Å². The second-order valence-corrected chi connectivity index (χ2v) is 7.47. The quantitative estimate of drug-likeness (QED) is 0.310. The molecule has 8 heteroatoms. The van der Waals surface area contributed by atoms with E-state index in [1.807, 2.05) is 17.5 Å². The molecule has 0 saturated heterocycles. The van der Waals surface area contributed by atoms with E-state index in [-0.39, 0.29) is 0 Å². The van der Waals surface area contributed by atoms with Crippen molar-refractivity contribution in [2.75, 3.05) is 11.9 Å². The van der Waals surface area contributed by atoms with Gasteiger partial charge in [-0.05, 0) is 36.2 Å². The zero-order valence-corrected chi connectivity index (χ0v) is 15.9. The Bertz CT molecular complexity index is 1100. The molecule has 0 bridgehead atoms. The molecule has 4 aromatic rings. The summed E-state index contributed by atoms with van der Waals surface area (Å²) >= 11 is 14.0. The van der Waals surface area contributed by atoms with E-state index in [2.05, 4.69) is 32.4 Å². The van der Waals surface area contributed by atoms with Gasteiger partial charge in [-0.25, -0.2) is 4.98 Å². The van der Waals surface area contributed by atoms with Crippen LogP contribution in [0.15, 0.2) is 40.8 Å². The fourth-order valence-electron chi connectivity index (χ4n) is 3.01. The molecule has 5 nitrogen and oxygen atoms in total. The number of aromatic nitrogens is 2. The average molecular weight is 404 g/mol. The number of nitrogens with one attached hydrogen (secondary N) is 2. The van der Waals surface area contributed by atoms with E-state index in [0.29, 0.717) is 16.6 Å². The number of H-pyrrole nitrogens is 1. The third-order valence-electron chi connectivity index (χ3n) is 4.13. The minimum Gasteiger partial charge on any atom is -0.390 e. The van der Waals surface area contributed by atoms with Crippen molar-refractivity contribution in [3.05, 3.63) is 51.5 Å². The van der Waals surface area contributed by atoms with Crippen molar-refractivity contribution in [3.8, 4) is 0 Å². The van der Waals surface area contributed by atoms with Crippen LogP contribution in [0, 0.1) is 0 Å². The molecule has 4 N–H and O–H groups in total. The Labute approximate surface area is 163 Å². The number of nitrogens with two attached hydrogens (primary N) is 1. The van der Waals surface area contributed by atoms with Crippen LogP contribution in [0.4, 0.5) is 10.8 Å². The smallest absolute Gasteiger partial charge is 0.187 e. The van der Waals surface area contributed by atoms with Crippen LogP contribution in [0.5, 0.6) is 0 Å². The zero-order valence-electron chi connectivity index (χ0n) is 13.6. The molecule has 132 valence electrons. The van der Waals surface area contributed by atoms with Crippen LogP contribution in [0.3, 0.4) is 0 Å². The van der Waals surface area contributed by atoms with Crippen molar-refractivity contribution in [2.24, 2.45) is 10.7 Å². The number of hydrogen-bond donors (Lipinski definition) is 3. The lowest BCUT2D eigenvalue weighted by Crippen LogP contribution is -1.97. The topological polar surface area (TPSA) is 79.1 Å². The fraction of sp³-hybridized carbons (Fsp3) is 0.111. The van der Waals surface area contributed by atoms with Crippen molar-refractivity contribution in [1.82, 2.24) is 9.97 Å². The standard InChI is InChI=1S/C18H15Cl2N5S/c19-14-7-12-13-6-11(24-18-23-3-4-26-18)5-10(1-2-22-9-21)17(13)25-16(12)8-15(14)20/h3-9,25H,1-2H2,(H2,21,22)(H,23,24). The molecule has 0 fully saturated rings. The molecule has 2 heterocycles. The first-order valence-corrected chi connectivity index (χ1v) is 9.59. The number of thiazole rings is 1. The molecular weight excluding hydrogens is 389 g/mol. The van der Waals surface area contributed by atoms with E-state index in [1.54, 1.807) is 17.5 Å². The summed E-state index contributed by atoms with van der Waals surface area (Å²) in [6.07, 6.45) is 3.86. The summed E-state index contributed by atoms with van der Waals surface area (Å²) in [5.41, 5.74) is 9.47. The lowest BCUT2D eigenvalue weighted by Gasteiger charge is -2.08. The number of hydrogen-bond acceptors (Lipinski definition) is 4. The highest BCUT2D eigenvalue weighted by Crippen LogP contribution is 2.36. The normalized spacial score (nSPS) is 11.8. The molecule has 0 radical (unpaired) electrons. The second kappa shape index (κ2) is 7.15. The molecule has 0 spiro atoms.